The van der Waals surface area contributed by atoms with Crippen LogP contribution in [0.25, 0.3) is 11.2 Å². The fourth-order valence-electron chi connectivity index (χ4n) is 4.02. The van der Waals surface area contributed by atoms with Crippen molar-refractivity contribution in [3.8, 4) is 11.5 Å². The Bertz CT molecular complexity index is 1280. The summed E-state index contributed by atoms with van der Waals surface area (Å²) in [6.45, 7) is 4.39. The summed E-state index contributed by atoms with van der Waals surface area (Å²) in [5.74, 6) is 1.54. The van der Waals surface area contributed by atoms with Gasteiger partial charge in [-0.05, 0) is 38.1 Å². The Morgan fingerprint density at radius 3 is 2.44 bits per heavy atom. The van der Waals surface area contributed by atoms with Crippen molar-refractivity contribution in [1.82, 2.24) is 14.5 Å². The van der Waals surface area contributed by atoms with Crippen molar-refractivity contribution in [2.45, 2.75) is 38.7 Å². The predicted molar refractivity (Wildman–Crippen MR) is 129 cm³/mol. The monoisotopic (exact) mass is 480 g/mol. The average Bonchev–Trinajstić information content (AvgIpc) is 3.43. The highest BCUT2D eigenvalue weighted by Crippen LogP contribution is 2.35. The number of anilines is 1. The molecule has 0 radical (unpaired) electrons. The highest BCUT2D eigenvalue weighted by molar-refractivity contribution is 6.30. The Hall–Kier alpha value is -3.33. The second kappa shape index (κ2) is 9.50. The smallest absolute Gasteiger partial charge is 0.165 e. The summed E-state index contributed by atoms with van der Waals surface area (Å²) >= 11 is 6.16. The molecule has 0 unspecified atom stereocenters. The average molecular weight is 481 g/mol. The van der Waals surface area contributed by atoms with E-state index in [2.05, 4.69) is 15.4 Å². The molecule has 0 aliphatic carbocycles. The largest absolute Gasteiger partial charge is 0.491 e. The lowest BCUT2D eigenvalue weighted by atomic mass is 10.1. The van der Waals surface area contributed by atoms with Crippen LogP contribution in [-0.2, 0) is 4.74 Å². The topological polar surface area (TPSA) is 90.7 Å². The maximum Gasteiger partial charge on any atom is 0.165 e. The number of halogens is 1. The molecule has 0 amide bonds. The molecule has 3 heterocycles. The third kappa shape index (κ3) is 4.65. The Morgan fingerprint density at radius 2 is 1.76 bits per heavy atom. The molecular weight excluding hydrogens is 456 g/mol. The minimum absolute atomic E-state index is 0.232. The molecule has 1 saturated heterocycles. The van der Waals surface area contributed by atoms with Crippen molar-refractivity contribution in [2.24, 2.45) is 0 Å². The zero-order chi connectivity index (χ0) is 23.7. The molecule has 3 atom stereocenters. The highest BCUT2D eigenvalue weighted by Gasteiger charge is 2.39. The van der Waals surface area contributed by atoms with Crippen LogP contribution in [0.4, 0.5) is 5.69 Å². The summed E-state index contributed by atoms with van der Waals surface area (Å²) in [5, 5.41) is 9.68. The summed E-state index contributed by atoms with van der Waals surface area (Å²) in [6, 6.07) is 17.3. The number of rotatable bonds is 7. The van der Waals surface area contributed by atoms with E-state index in [1.807, 2.05) is 62.4 Å². The van der Waals surface area contributed by atoms with E-state index in [1.54, 1.807) is 10.9 Å². The summed E-state index contributed by atoms with van der Waals surface area (Å²) in [5.41, 5.74) is 5.82. The van der Waals surface area contributed by atoms with Gasteiger partial charge in [-0.1, -0.05) is 47.0 Å². The zero-order valence-corrected chi connectivity index (χ0v) is 19.6. The molecular formula is C25H25ClN4O4. The Labute approximate surface area is 202 Å². The van der Waals surface area contributed by atoms with Crippen LogP contribution in [0.5, 0.6) is 11.5 Å². The summed E-state index contributed by atoms with van der Waals surface area (Å²) < 4.78 is 20.5. The molecule has 8 nitrogen and oxygen atoms in total. The van der Waals surface area contributed by atoms with E-state index < -0.39 is 6.23 Å². The van der Waals surface area contributed by atoms with Gasteiger partial charge in [0.05, 0.1) is 12.0 Å². The first kappa shape index (κ1) is 22.5. The summed E-state index contributed by atoms with van der Waals surface area (Å²) in [6.07, 6.45) is 1.19. The van der Waals surface area contributed by atoms with Gasteiger partial charge in [0.15, 0.2) is 5.65 Å². The summed E-state index contributed by atoms with van der Waals surface area (Å²) in [7, 11) is 0. The van der Waals surface area contributed by atoms with E-state index in [1.165, 1.54) is 11.6 Å². The normalized spacial score (nSPS) is 19.9. The molecule has 2 aromatic heterocycles. The van der Waals surface area contributed by atoms with Crippen LogP contribution in [0.15, 0.2) is 60.9 Å². The number of pyridine rings is 1. The standard InChI is InChI=1S/C25H25ClN4O4/c1-15-3-7-17(8-4-15)32-13-21-20(33-18-9-5-16(2)6-10-18)12-23(34-21)30-14-27-24-19(29-31)11-22(26)28-25(24)30/h3-11,14,20-21,23,31H,12-13H2,1-2H3,(H,28,29)/t20-,21+,23+/m0/s1. The number of imidazole rings is 1. The summed E-state index contributed by atoms with van der Waals surface area (Å²) in [4.78, 5) is 8.79. The Morgan fingerprint density at radius 1 is 1.09 bits per heavy atom. The van der Waals surface area contributed by atoms with Crippen LogP contribution in [-0.4, -0.2) is 38.6 Å². The third-order valence-electron chi connectivity index (χ3n) is 5.85. The minimum atomic E-state index is -0.399. The van der Waals surface area contributed by atoms with E-state index in [4.69, 9.17) is 25.8 Å². The second-order valence-electron chi connectivity index (χ2n) is 8.39. The van der Waals surface area contributed by atoms with Crippen molar-refractivity contribution in [2.75, 3.05) is 12.1 Å². The number of nitrogens with one attached hydrogen (secondary N) is 1. The molecule has 0 spiro atoms. The zero-order valence-electron chi connectivity index (χ0n) is 18.8. The number of aryl methyl sites for hydroxylation is 2. The lowest BCUT2D eigenvalue weighted by Crippen LogP contribution is -2.32. The van der Waals surface area contributed by atoms with Gasteiger partial charge in [-0.15, -0.1) is 0 Å². The minimum Gasteiger partial charge on any atom is -0.491 e. The quantitative estimate of drug-likeness (QED) is 0.273. The van der Waals surface area contributed by atoms with Crippen LogP contribution in [0, 0.1) is 13.8 Å². The van der Waals surface area contributed by atoms with Crippen molar-refractivity contribution in [1.29, 1.82) is 0 Å². The number of fused-ring (bicyclic) bond motifs is 1. The number of aromatic nitrogens is 3. The SMILES string of the molecule is Cc1ccc(OC[C@H]2O[C@@H](n3cnc4c(NO)cc(Cl)nc43)C[C@@H]2Oc2ccc(C)cc2)cc1. The van der Waals surface area contributed by atoms with Gasteiger partial charge in [-0.3, -0.25) is 15.3 Å². The number of hydrogen-bond acceptors (Lipinski definition) is 7. The first-order valence-corrected chi connectivity index (χ1v) is 11.4. The molecule has 0 saturated carbocycles. The molecule has 4 aromatic rings. The second-order valence-corrected chi connectivity index (χ2v) is 8.77. The molecule has 1 fully saturated rings. The molecule has 1 aliphatic rings. The van der Waals surface area contributed by atoms with Gasteiger partial charge < -0.3 is 14.2 Å². The first-order chi connectivity index (χ1) is 16.5. The predicted octanol–water partition coefficient (Wildman–Crippen LogP) is 5.32. The van der Waals surface area contributed by atoms with Crippen molar-refractivity contribution < 1.29 is 19.4 Å². The van der Waals surface area contributed by atoms with Gasteiger partial charge in [0.2, 0.25) is 0 Å². The van der Waals surface area contributed by atoms with E-state index in [0.29, 0.717) is 29.9 Å². The van der Waals surface area contributed by atoms with E-state index in [0.717, 1.165) is 17.1 Å². The fraction of sp³-hybridized carbons (Fsp3) is 0.280. The lowest BCUT2D eigenvalue weighted by Gasteiger charge is -2.20. The van der Waals surface area contributed by atoms with Crippen molar-refractivity contribution in [3.63, 3.8) is 0 Å². The Balaban J connectivity index is 1.40. The van der Waals surface area contributed by atoms with Crippen molar-refractivity contribution in [3.05, 3.63) is 77.2 Å². The van der Waals surface area contributed by atoms with Gasteiger partial charge in [0.25, 0.3) is 0 Å². The fourth-order valence-corrected chi connectivity index (χ4v) is 4.21. The molecule has 9 heteroatoms. The number of benzene rings is 2. The van der Waals surface area contributed by atoms with Crippen LogP contribution in [0.1, 0.15) is 23.8 Å². The lowest BCUT2D eigenvalue weighted by molar-refractivity contribution is -0.0341. The molecule has 0 bridgehead atoms. The molecule has 176 valence electrons. The van der Waals surface area contributed by atoms with Gasteiger partial charge in [-0.25, -0.2) is 9.97 Å². The van der Waals surface area contributed by atoms with Crippen molar-refractivity contribution >= 4 is 28.5 Å². The third-order valence-corrected chi connectivity index (χ3v) is 6.05. The van der Waals surface area contributed by atoms with Crippen LogP contribution < -0.4 is 15.0 Å². The first-order valence-electron chi connectivity index (χ1n) is 11.0. The van der Waals surface area contributed by atoms with Crippen LogP contribution in [0.3, 0.4) is 0 Å². The van der Waals surface area contributed by atoms with Crippen LogP contribution >= 0.6 is 11.6 Å². The maximum atomic E-state index is 9.44. The number of nitrogens with zero attached hydrogens (tertiary/aromatic N) is 3. The number of hydrogen-bond donors (Lipinski definition) is 2. The van der Waals surface area contributed by atoms with Crippen LogP contribution in [0.2, 0.25) is 5.15 Å². The van der Waals surface area contributed by atoms with Gasteiger partial charge in [0.1, 0.15) is 47.2 Å². The molecule has 34 heavy (non-hydrogen) atoms. The van der Waals surface area contributed by atoms with E-state index in [9.17, 15) is 5.21 Å². The Kier molecular flexibility index (Phi) is 6.28. The maximum absolute atomic E-state index is 9.44. The highest BCUT2D eigenvalue weighted by atomic mass is 35.5. The molecule has 5 rings (SSSR count). The number of ether oxygens (including phenoxy) is 3. The molecule has 1 aliphatic heterocycles. The van der Waals surface area contributed by atoms with Gasteiger partial charge in [0, 0.05) is 12.5 Å². The van der Waals surface area contributed by atoms with E-state index >= 15 is 0 Å². The van der Waals surface area contributed by atoms with Gasteiger partial charge in [-0.2, -0.15) is 0 Å². The molecule has 2 N–H and O–H groups in total. The molecule has 2 aromatic carbocycles. The van der Waals surface area contributed by atoms with Gasteiger partial charge >= 0.3 is 0 Å². The van der Waals surface area contributed by atoms with E-state index in [-0.39, 0.29) is 17.4 Å².